The number of fused-ring (bicyclic) bond motifs is 1. The summed E-state index contributed by atoms with van der Waals surface area (Å²) < 4.78 is 41.2. The van der Waals surface area contributed by atoms with Gasteiger partial charge in [-0.1, -0.05) is 36.7 Å². The molecule has 2 aromatic heterocycles. The number of halogens is 5. The van der Waals surface area contributed by atoms with E-state index in [4.69, 9.17) is 23.2 Å². The molecule has 11 heteroatoms. The molecule has 3 aromatic rings. The molecule has 1 fully saturated rings. The second kappa shape index (κ2) is 9.68. The van der Waals surface area contributed by atoms with Crippen molar-refractivity contribution in [2.24, 2.45) is 18.9 Å². The smallest absolute Gasteiger partial charge is 0.433 e. The van der Waals surface area contributed by atoms with Crippen molar-refractivity contribution in [2.45, 2.75) is 26.4 Å². The lowest BCUT2D eigenvalue weighted by Crippen LogP contribution is -2.41. The molecule has 1 N–H and O–H groups in total. The Kier molecular flexibility index (Phi) is 7.07. The van der Waals surface area contributed by atoms with E-state index in [1.165, 1.54) is 30.7 Å². The molecule has 1 aromatic carbocycles. The van der Waals surface area contributed by atoms with Crippen molar-refractivity contribution in [3.05, 3.63) is 69.0 Å². The Morgan fingerprint density at radius 2 is 1.89 bits per heavy atom. The lowest BCUT2D eigenvalue weighted by atomic mass is 9.86. The molecule has 1 aliphatic heterocycles. The van der Waals surface area contributed by atoms with Gasteiger partial charge in [-0.2, -0.15) is 13.2 Å². The highest BCUT2D eigenvalue weighted by atomic mass is 35.5. The summed E-state index contributed by atoms with van der Waals surface area (Å²) in [7, 11) is 1.46. The zero-order valence-electron chi connectivity index (χ0n) is 20.3. The van der Waals surface area contributed by atoms with Gasteiger partial charge in [0, 0.05) is 36.8 Å². The maximum atomic E-state index is 13.6. The van der Waals surface area contributed by atoms with Crippen molar-refractivity contribution in [3.8, 4) is 0 Å². The molecule has 196 valence electrons. The maximum absolute atomic E-state index is 13.6. The first kappa shape index (κ1) is 27.0. The van der Waals surface area contributed by atoms with Crippen LogP contribution in [0.5, 0.6) is 0 Å². The molecular weight excluding hydrogens is 530 g/mol. The van der Waals surface area contributed by atoms with Gasteiger partial charge in [-0.25, -0.2) is 4.98 Å². The van der Waals surface area contributed by atoms with Crippen LogP contribution >= 0.6 is 23.2 Å². The van der Waals surface area contributed by atoms with Gasteiger partial charge < -0.3 is 14.6 Å². The Morgan fingerprint density at radius 3 is 2.49 bits per heavy atom. The fraction of sp³-hybridized carbons (Fsp3) is 0.346. The van der Waals surface area contributed by atoms with Crippen LogP contribution in [0.25, 0.3) is 16.7 Å². The summed E-state index contributed by atoms with van der Waals surface area (Å²) in [6.45, 7) is 8.42. The van der Waals surface area contributed by atoms with E-state index in [9.17, 15) is 27.9 Å². The fourth-order valence-corrected chi connectivity index (χ4v) is 5.50. The number of ketones is 1. The maximum Gasteiger partial charge on any atom is 0.433 e. The van der Waals surface area contributed by atoms with Crippen LogP contribution in [0.2, 0.25) is 10.0 Å². The minimum Gasteiger partial charge on any atom is -0.481 e. The molecule has 0 aliphatic carbocycles. The summed E-state index contributed by atoms with van der Waals surface area (Å²) in [5, 5.41) is 9.94. The average molecular weight is 554 g/mol. The van der Waals surface area contributed by atoms with Gasteiger partial charge >= 0.3 is 12.1 Å². The standard InChI is InChI=1S/C26H24Cl2F3N3O3/c1-12-9-20(26(29,30)31)32-24-17(12)10-19(33(24)4)23(35)21-18(27)6-5-16(22(21)28)14(3)34-8-7-15(25(36)37)13(2)11-34/h5-6,9-10,13,15H,3,7-8,11H2,1-2,4H3,(H,36,37)/t13-,15+/m0/s1. The van der Waals surface area contributed by atoms with Crippen LogP contribution in [0.1, 0.15) is 46.2 Å². The molecule has 4 rings (SSSR count). The summed E-state index contributed by atoms with van der Waals surface area (Å²) >= 11 is 13.1. The molecule has 0 spiro atoms. The van der Waals surface area contributed by atoms with Gasteiger partial charge in [-0.3, -0.25) is 9.59 Å². The minimum absolute atomic E-state index is 0.00458. The van der Waals surface area contributed by atoms with E-state index < -0.39 is 29.5 Å². The number of carboxylic acids is 1. The number of piperidine rings is 1. The molecule has 0 radical (unpaired) electrons. The fourth-order valence-electron chi connectivity index (χ4n) is 4.85. The van der Waals surface area contributed by atoms with Crippen molar-refractivity contribution >= 4 is 51.7 Å². The van der Waals surface area contributed by atoms with Gasteiger partial charge in [0.1, 0.15) is 11.3 Å². The highest BCUT2D eigenvalue weighted by Gasteiger charge is 2.35. The van der Waals surface area contributed by atoms with Crippen LogP contribution in [0.15, 0.2) is 30.8 Å². The molecule has 0 bridgehead atoms. The topological polar surface area (TPSA) is 75.4 Å². The Bertz CT molecular complexity index is 1450. The van der Waals surface area contributed by atoms with E-state index in [0.29, 0.717) is 41.7 Å². The summed E-state index contributed by atoms with van der Waals surface area (Å²) in [4.78, 5) is 30.8. The Hall–Kier alpha value is -3.04. The third-order valence-electron chi connectivity index (χ3n) is 6.96. The summed E-state index contributed by atoms with van der Waals surface area (Å²) in [5.74, 6) is -1.99. The first-order valence-electron chi connectivity index (χ1n) is 11.5. The number of aliphatic carboxylic acids is 1. The number of aryl methyl sites for hydroxylation is 2. The Labute approximate surface area is 221 Å². The number of hydrogen-bond acceptors (Lipinski definition) is 4. The lowest BCUT2D eigenvalue weighted by molar-refractivity contribution is -0.145. The van der Waals surface area contributed by atoms with Crippen LogP contribution in [-0.4, -0.2) is 44.4 Å². The van der Waals surface area contributed by atoms with E-state index in [0.717, 1.165) is 6.07 Å². The van der Waals surface area contributed by atoms with Crippen molar-refractivity contribution in [1.29, 1.82) is 0 Å². The number of alkyl halides is 3. The van der Waals surface area contributed by atoms with Gasteiger partial charge in [0.05, 0.1) is 27.2 Å². The molecule has 0 amide bonds. The van der Waals surface area contributed by atoms with E-state index >= 15 is 0 Å². The van der Waals surface area contributed by atoms with Gasteiger partial charge in [-0.15, -0.1) is 0 Å². The summed E-state index contributed by atoms with van der Waals surface area (Å²) in [6.07, 6.45) is -4.19. The zero-order chi connectivity index (χ0) is 27.4. The minimum atomic E-state index is -4.63. The summed E-state index contributed by atoms with van der Waals surface area (Å²) in [5.41, 5.74) is 0.345. The molecule has 2 atom stereocenters. The number of likely N-dealkylation sites (tertiary alicyclic amines) is 1. The number of carbonyl (C=O) groups excluding carboxylic acids is 1. The number of nitrogens with zero attached hydrogens (tertiary/aromatic N) is 3. The van der Waals surface area contributed by atoms with E-state index in [2.05, 4.69) is 11.6 Å². The first-order chi connectivity index (χ1) is 17.2. The van der Waals surface area contributed by atoms with Crippen LogP contribution in [0.4, 0.5) is 13.2 Å². The molecule has 1 aliphatic rings. The average Bonchev–Trinajstić information content (AvgIpc) is 3.15. The van der Waals surface area contributed by atoms with E-state index in [1.54, 1.807) is 6.07 Å². The van der Waals surface area contributed by atoms with Crippen molar-refractivity contribution < 1.29 is 27.9 Å². The third-order valence-corrected chi connectivity index (χ3v) is 7.67. The lowest BCUT2D eigenvalue weighted by Gasteiger charge is -2.37. The largest absolute Gasteiger partial charge is 0.481 e. The predicted molar refractivity (Wildman–Crippen MR) is 136 cm³/mol. The van der Waals surface area contributed by atoms with Gasteiger partial charge in [0.15, 0.2) is 0 Å². The molecule has 1 saturated heterocycles. The Balaban J connectivity index is 1.73. The molecule has 37 heavy (non-hydrogen) atoms. The van der Waals surface area contributed by atoms with Gasteiger partial charge in [0.25, 0.3) is 0 Å². The quantitative estimate of drug-likeness (QED) is 0.367. The molecule has 6 nitrogen and oxygen atoms in total. The monoisotopic (exact) mass is 553 g/mol. The van der Waals surface area contributed by atoms with Crippen molar-refractivity contribution in [1.82, 2.24) is 14.5 Å². The molecule has 0 saturated carbocycles. The second-order valence-corrected chi connectivity index (χ2v) is 10.1. The summed E-state index contributed by atoms with van der Waals surface area (Å²) in [6, 6.07) is 5.57. The number of rotatable bonds is 5. The predicted octanol–water partition coefficient (Wildman–Crippen LogP) is 6.45. The van der Waals surface area contributed by atoms with Crippen LogP contribution < -0.4 is 0 Å². The number of carbonyl (C=O) groups is 2. The molecular formula is C26H24Cl2F3N3O3. The molecule has 0 unspecified atom stereocenters. The number of pyridine rings is 1. The van der Waals surface area contributed by atoms with Gasteiger partial charge in [-0.05, 0) is 49.1 Å². The highest BCUT2D eigenvalue weighted by Crippen LogP contribution is 2.38. The van der Waals surface area contributed by atoms with Gasteiger partial charge in [0.2, 0.25) is 5.78 Å². The molecule has 3 heterocycles. The number of carboxylic acid groups (broad SMARTS) is 1. The number of benzene rings is 1. The first-order valence-corrected chi connectivity index (χ1v) is 12.2. The number of aromatic nitrogens is 2. The van der Waals surface area contributed by atoms with Crippen molar-refractivity contribution in [3.63, 3.8) is 0 Å². The van der Waals surface area contributed by atoms with E-state index in [1.807, 2.05) is 11.8 Å². The SMILES string of the molecule is C=C(c1ccc(Cl)c(C(=O)c2cc3c(C)cc(C(F)(F)F)nc3n2C)c1Cl)N1CC[C@@H](C(=O)O)[C@@H](C)C1. The second-order valence-electron chi connectivity index (χ2n) is 9.36. The number of hydrogen-bond donors (Lipinski definition) is 1. The normalized spacial score (nSPS) is 18.3. The van der Waals surface area contributed by atoms with Crippen molar-refractivity contribution in [2.75, 3.05) is 13.1 Å². The van der Waals surface area contributed by atoms with Crippen LogP contribution in [0.3, 0.4) is 0 Å². The zero-order valence-corrected chi connectivity index (χ0v) is 21.8. The van der Waals surface area contributed by atoms with Crippen LogP contribution in [0, 0.1) is 18.8 Å². The Morgan fingerprint density at radius 1 is 1.22 bits per heavy atom. The third kappa shape index (κ3) is 4.82. The highest BCUT2D eigenvalue weighted by molar-refractivity contribution is 6.42. The van der Waals surface area contributed by atoms with E-state index in [-0.39, 0.29) is 32.9 Å². The van der Waals surface area contributed by atoms with Crippen LogP contribution in [-0.2, 0) is 18.0 Å².